The first-order chi connectivity index (χ1) is 29.4. The molecule has 0 saturated carbocycles. The van der Waals surface area contributed by atoms with Gasteiger partial charge in [0.2, 0.25) is 17.7 Å². The Labute approximate surface area is 356 Å². The van der Waals surface area contributed by atoms with Crippen LogP contribution in [0.1, 0.15) is 81.9 Å². The molecule has 8 rings (SSSR count). The highest BCUT2D eigenvalue weighted by Gasteiger charge is 2.44. The molecule has 320 valence electrons. The van der Waals surface area contributed by atoms with Gasteiger partial charge in [0, 0.05) is 30.4 Å². The van der Waals surface area contributed by atoms with Crippen molar-refractivity contribution in [2.45, 2.75) is 87.6 Å². The third kappa shape index (κ3) is 9.21. The maximum atomic E-state index is 15.3. The Kier molecular flexibility index (Phi) is 12.3. The second-order valence-corrected chi connectivity index (χ2v) is 18.0. The number of amides is 3. The molecule has 3 amide bonds. The van der Waals surface area contributed by atoms with E-state index in [4.69, 9.17) is 9.47 Å². The average Bonchev–Trinajstić information content (AvgIpc) is 3.65. The molecule has 0 bridgehead atoms. The molecule has 4 aliphatic heterocycles. The molecule has 0 aliphatic carbocycles. The first-order valence-electron chi connectivity index (χ1n) is 20.8. The highest BCUT2D eigenvalue weighted by atomic mass is 32.2. The van der Waals surface area contributed by atoms with Crippen molar-refractivity contribution >= 4 is 51.9 Å². The van der Waals surface area contributed by atoms with Crippen LogP contribution in [0, 0.1) is 23.0 Å². The van der Waals surface area contributed by atoms with E-state index >= 15 is 8.78 Å². The molecule has 1 aromatic heterocycles. The second-order valence-electron chi connectivity index (χ2n) is 16.6. The number of halogens is 2. The number of benzene rings is 3. The minimum absolute atomic E-state index is 0.0135. The second kappa shape index (κ2) is 17.8. The number of nitrogens with zero attached hydrogens (tertiary/aromatic N) is 5. The van der Waals surface area contributed by atoms with Crippen molar-refractivity contribution in [1.29, 1.82) is 5.26 Å². The van der Waals surface area contributed by atoms with Crippen LogP contribution in [0.25, 0.3) is 10.9 Å². The first kappa shape index (κ1) is 42.1. The van der Waals surface area contributed by atoms with Gasteiger partial charge in [-0.2, -0.15) is 5.26 Å². The number of carbonyl (C=O) groups is 3. The number of aromatic nitrogens is 2. The van der Waals surface area contributed by atoms with Gasteiger partial charge in [-0.3, -0.25) is 34.0 Å². The van der Waals surface area contributed by atoms with E-state index in [1.807, 2.05) is 24.8 Å². The lowest BCUT2D eigenvalue weighted by Crippen LogP contribution is -2.50. The Morgan fingerprint density at radius 2 is 1.84 bits per heavy atom. The fourth-order valence-electron chi connectivity index (χ4n) is 8.78. The van der Waals surface area contributed by atoms with E-state index in [2.05, 4.69) is 25.2 Å². The third-order valence-corrected chi connectivity index (χ3v) is 13.0. The minimum atomic E-state index is -0.705. The van der Waals surface area contributed by atoms with E-state index in [1.165, 1.54) is 42.5 Å². The molecule has 2 atom stereocenters. The summed E-state index contributed by atoms with van der Waals surface area (Å²) in [7, 11) is 0. The summed E-state index contributed by atoms with van der Waals surface area (Å²) >= 11 is 1.39. The molecule has 5 heterocycles. The summed E-state index contributed by atoms with van der Waals surface area (Å²) in [6.07, 6.45) is 5.40. The van der Waals surface area contributed by atoms with Crippen LogP contribution in [0.5, 0.6) is 11.5 Å². The number of ether oxygens (including phenoxy) is 2. The summed E-state index contributed by atoms with van der Waals surface area (Å²) in [5, 5.41) is 15.7. The van der Waals surface area contributed by atoms with Gasteiger partial charge in [0.1, 0.15) is 29.2 Å². The zero-order valence-electron chi connectivity index (χ0n) is 34.0. The Morgan fingerprint density at radius 3 is 2.56 bits per heavy atom. The molecule has 3 N–H and O–H groups in total. The fraction of sp³-hybridized carbons (Fsp3) is 0.455. The topological polar surface area (TPSA) is 171 Å². The van der Waals surface area contributed by atoms with E-state index < -0.39 is 23.4 Å². The zero-order valence-corrected chi connectivity index (χ0v) is 34.9. The van der Waals surface area contributed by atoms with Crippen molar-refractivity contribution in [2.75, 3.05) is 49.4 Å². The standard InChI is InChI=1S/C44H48F2N8O6S/c1-26(2)61-51-37-8-6-34(45)41(33(37)22-47)60-30-4-7-36-32(20-30)43(58)54(25-48-36)29-21-44(59-24-29)13-17-53(18-14-44)40(56)23-52-15-11-27(12-16-52)31-5-3-28(19-35(31)46)49-38-9-10-39(55)50-42(38)57/h3-8,19-20,25-27,29,38,49,51H,9-18,21,23-24H2,1-2H3,(H,50,55,57). The van der Waals surface area contributed by atoms with Gasteiger partial charge < -0.3 is 24.4 Å². The van der Waals surface area contributed by atoms with Crippen molar-refractivity contribution in [3.8, 4) is 17.6 Å². The molecule has 1 spiro atoms. The van der Waals surface area contributed by atoms with Crippen molar-refractivity contribution in [1.82, 2.24) is 24.7 Å². The van der Waals surface area contributed by atoms with E-state index in [9.17, 15) is 24.4 Å². The quantitative estimate of drug-likeness (QED) is 0.115. The first-order valence-corrected chi connectivity index (χ1v) is 21.6. The number of nitrogens with one attached hydrogen (secondary N) is 3. The highest BCUT2D eigenvalue weighted by Crippen LogP contribution is 2.41. The molecule has 4 aromatic rings. The molecule has 3 aromatic carbocycles. The molecule has 4 aliphatic rings. The smallest absolute Gasteiger partial charge is 0.261 e. The van der Waals surface area contributed by atoms with Crippen molar-refractivity contribution < 1.29 is 32.6 Å². The Morgan fingerprint density at radius 1 is 1.05 bits per heavy atom. The van der Waals surface area contributed by atoms with E-state index in [-0.39, 0.29) is 75.8 Å². The number of imide groups is 1. The van der Waals surface area contributed by atoms with Gasteiger partial charge in [0.05, 0.1) is 47.7 Å². The molecule has 0 radical (unpaired) electrons. The van der Waals surface area contributed by atoms with Gasteiger partial charge >= 0.3 is 0 Å². The minimum Gasteiger partial charge on any atom is -0.453 e. The number of hydrogen-bond donors (Lipinski definition) is 3. The maximum Gasteiger partial charge on any atom is 0.261 e. The van der Waals surface area contributed by atoms with Gasteiger partial charge in [-0.25, -0.2) is 13.8 Å². The monoisotopic (exact) mass is 854 g/mol. The number of nitriles is 1. The van der Waals surface area contributed by atoms with Gasteiger partial charge in [-0.05, 0) is 118 Å². The number of likely N-dealkylation sites (tertiary alicyclic amines) is 2. The van der Waals surface area contributed by atoms with Crippen molar-refractivity contribution in [2.24, 2.45) is 0 Å². The lowest BCUT2D eigenvalue weighted by Gasteiger charge is -2.40. The van der Waals surface area contributed by atoms with Crippen LogP contribution in [-0.4, -0.2) is 93.3 Å². The Bertz CT molecular complexity index is 2440. The van der Waals surface area contributed by atoms with Crippen LogP contribution in [0.2, 0.25) is 0 Å². The molecule has 61 heavy (non-hydrogen) atoms. The molecule has 2 unspecified atom stereocenters. The predicted octanol–water partition coefficient (Wildman–Crippen LogP) is 6.23. The van der Waals surface area contributed by atoms with Gasteiger partial charge in [0.25, 0.3) is 5.56 Å². The molecule has 14 nitrogen and oxygen atoms in total. The van der Waals surface area contributed by atoms with Gasteiger partial charge in [-0.15, -0.1) is 0 Å². The maximum absolute atomic E-state index is 15.3. The predicted molar refractivity (Wildman–Crippen MR) is 226 cm³/mol. The zero-order chi connectivity index (χ0) is 42.8. The van der Waals surface area contributed by atoms with Crippen LogP contribution in [0.15, 0.2) is 59.7 Å². The highest BCUT2D eigenvalue weighted by molar-refractivity contribution is 8.01. The average molecular weight is 855 g/mol. The van der Waals surface area contributed by atoms with Crippen LogP contribution < -0.4 is 25.7 Å². The summed E-state index contributed by atoms with van der Waals surface area (Å²) in [5.41, 5.74) is 1.23. The lowest BCUT2D eigenvalue weighted by molar-refractivity contribution is -0.137. The molecule has 17 heteroatoms. The Hall–Kier alpha value is -5.57. The fourth-order valence-corrected chi connectivity index (χ4v) is 9.31. The van der Waals surface area contributed by atoms with Gasteiger partial charge in [0.15, 0.2) is 11.6 Å². The van der Waals surface area contributed by atoms with Crippen molar-refractivity contribution in [3.63, 3.8) is 0 Å². The molecule has 4 fully saturated rings. The number of anilines is 2. The van der Waals surface area contributed by atoms with Crippen molar-refractivity contribution in [3.05, 3.63) is 88.0 Å². The van der Waals surface area contributed by atoms with Gasteiger partial charge in [-0.1, -0.05) is 19.9 Å². The van der Waals surface area contributed by atoms with E-state index in [1.54, 1.807) is 28.8 Å². The van der Waals surface area contributed by atoms with Crippen LogP contribution in [-0.2, 0) is 19.1 Å². The SMILES string of the molecule is CC(C)SNc1ccc(F)c(Oc2ccc3ncn(C4COC5(CCN(C(=O)CN6CCC(c7ccc(NC8CCC(=O)NC8=O)cc7F)CC6)CC5)C4)c(=O)c3c2)c1C#N. The van der Waals surface area contributed by atoms with Crippen LogP contribution in [0.4, 0.5) is 20.2 Å². The summed E-state index contributed by atoms with van der Waals surface area (Å²) < 4.78 is 47.2. The summed E-state index contributed by atoms with van der Waals surface area (Å²) in [6, 6.07) is 13.6. The van der Waals surface area contributed by atoms with E-state index in [0.717, 1.165) is 0 Å². The van der Waals surface area contributed by atoms with E-state index in [0.29, 0.717) is 93.8 Å². The van der Waals surface area contributed by atoms with Crippen LogP contribution >= 0.6 is 11.9 Å². The van der Waals surface area contributed by atoms with Crippen LogP contribution in [0.3, 0.4) is 0 Å². The number of fused-ring (bicyclic) bond motifs is 1. The summed E-state index contributed by atoms with van der Waals surface area (Å²) in [5.74, 6) is -1.74. The molecular formula is C44H48F2N8O6S. The summed E-state index contributed by atoms with van der Waals surface area (Å²) in [4.78, 5) is 59.5. The Balaban J connectivity index is 0.836. The number of hydrogen-bond acceptors (Lipinski definition) is 12. The number of piperidine rings is 3. The molecular weight excluding hydrogens is 807 g/mol. The number of carbonyl (C=O) groups excluding carboxylic acids is 3. The lowest BCUT2D eigenvalue weighted by atomic mass is 9.87. The largest absolute Gasteiger partial charge is 0.453 e. The molecule has 4 saturated heterocycles. The third-order valence-electron chi connectivity index (χ3n) is 12.2. The number of rotatable bonds is 11. The summed E-state index contributed by atoms with van der Waals surface area (Å²) in [6.45, 7) is 6.97. The normalized spacial score (nSPS) is 20.8.